The smallest absolute Gasteiger partial charge is 0.265 e. The lowest BCUT2D eigenvalue weighted by Crippen LogP contribution is -2.48. The van der Waals surface area contributed by atoms with Crippen LogP contribution in [0.1, 0.15) is 22.0 Å². The summed E-state index contributed by atoms with van der Waals surface area (Å²) in [5.74, 6) is -0.352. The molecule has 0 spiro atoms. The zero-order valence-corrected chi connectivity index (χ0v) is 27.0. The fourth-order valence-electron chi connectivity index (χ4n) is 5.28. The molecule has 3 amide bonds. The molecule has 2 aliphatic heterocycles. The monoisotopic (exact) mass is 658 g/mol. The summed E-state index contributed by atoms with van der Waals surface area (Å²) < 4.78 is 11.1. The van der Waals surface area contributed by atoms with Gasteiger partial charge in [0.15, 0.2) is 6.61 Å². The van der Waals surface area contributed by atoms with Crippen LogP contribution in [0.25, 0.3) is 11.1 Å². The summed E-state index contributed by atoms with van der Waals surface area (Å²) >= 11 is 18.9. The van der Waals surface area contributed by atoms with Gasteiger partial charge in [0, 0.05) is 46.8 Å². The van der Waals surface area contributed by atoms with Gasteiger partial charge in [-0.3, -0.25) is 24.2 Å². The van der Waals surface area contributed by atoms with Crippen LogP contribution in [0.2, 0.25) is 15.1 Å². The van der Waals surface area contributed by atoms with Crippen LogP contribution < -0.4 is 9.64 Å². The Morgan fingerprint density at radius 1 is 0.886 bits per heavy atom. The second-order valence-electron chi connectivity index (χ2n) is 11.0. The van der Waals surface area contributed by atoms with Gasteiger partial charge >= 0.3 is 0 Å². The van der Waals surface area contributed by atoms with Crippen molar-refractivity contribution in [2.24, 2.45) is 0 Å². The molecule has 3 aromatic rings. The van der Waals surface area contributed by atoms with Crippen molar-refractivity contribution < 1.29 is 23.9 Å². The van der Waals surface area contributed by atoms with E-state index in [9.17, 15) is 14.4 Å². The molecule has 1 saturated heterocycles. The highest BCUT2D eigenvalue weighted by atomic mass is 35.5. The van der Waals surface area contributed by atoms with Crippen molar-refractivity contribution in [2.75, 3.05) is 72.0 Å². The van der Waals surface area contributed by atoms with Gasteiger partial charge in [0.05, 0.1) is 45.6 Å². The van der Waals surface area contributed by atoms with Crippen molar-refractivity contribution in [1.29, 1.82) is 0 Å². The first-order valence-corrected chi connectivity index (χ1v) is 15.3. The van der Waals surface area contributed by atoms with Gasteiger partial charge in [-0.2, -0.15) is 0 Å². The zero-order chi connectivity index (χ0) is 31.5. The number of ether oxygens (including phenoxy) is 2. The Balaban J connectivity index is 1.39. The molecule has 0 aliphatic carbocycles. The van der Waals surface area contributed by atoms with E-state index >= 15 is 0 Å². The quantitative estimate of drug-likeness (QED) is 0.328. The molecule has 232 valence electrons. The Kier molecular flexibility index (Phi) is 10.0. The maximum Gasteiger partial charge on any atom is 0.265 e. The van der Waals surface area contributed by atoms with Crippen molar-refractivity contribution in [3.63, 3.8) is 0 Å². The predicted octanol–water partition coefficient (Wildman–Crippen LogP) is 5.27. The van der Waals surface area contributed by atoms with Gasteiger partial charge in [0.1, 0.15) is 12.3 Å². The van der Waals surface area contributed by atoms with Gasteiger partial charge in [-0.15, -0.1) is 0 Å². The maximum atomic E-state index is 13.8. The second kappa shape index (κ2) is 13.7. The molecular formula is C32H33Cl3N4O5. The fraction of sp³-hybridized carbons (Fsp3) is 0.344. The molecule has 9 nitrogen and oxygen atoms in total. The van der Waals surface area contributed by atoms with E-state index in [1.165, 1.54) is 9.80 Å². The number of halogens is 3. The molecule has 12 heteroatoms. The van der Waals surface area contributed by atoms with E-state index in [-0.39, 0.29) is 41.9 Å². The lowest BCUT2D eigenvalue weighted by atomic mass is 9.98. The van der Waals surface area contributed by atoms with Crippen LogP contribution in [0.4, 0.5) is 5.69 Å². The molecule has 5 rings (SSSR count). The topological polar surface area (TPSA) is 82.6 Å². The van der Waals surface area contributed by atoms with Crippen molar-refractivity contribution in [1.82, 2.24) is 14.7 Å². The maximum absolute atomic E-state index is 13.8. The summed E-state index contributed by atoms with van der Waals surface area (Å²) in [5, 5.41) is 0.945. The Bertz CT molecular complexity index is 1560. The predicted molar refractivity (Wildman–Crippen MR) is 172 cm³/mol. The highest BCUT2D eigenvalue weighted by molar-refractivity contribution is 6.42. The third kappa shape index (κ3) is 6.98. The first-order chi connectivity index (χ1) is 21.0. The molecule has 3 aromatic carbocycles. The lowest BCUT2D eigenvalue weighted by Gasteiger charge is -2.37. The van der Waals surface area contributed by atoms with Crippen LogP contribution in [0.3, 0.4) is 0 Å². The number of hydrogen-bond acceptors (Lipinski definition) is 6. The minimum atomic E-state index is -0.344. The van der Waals surface area contributed by atoms with E-state index in [1.54, 1.807) is 50.3 Å². The minimum Gasteiger partial charge on any atom is -0.482 e. The first kappa shape index (κ1) is 32.1. The SMILES string of the molecule is CN(C)C(=O)c1ccc(-c2ccc(C(CN3CCOCC3)N(C)C(=O)CN3C(=O)COc4cc(Cl)c(Cl)cc43)cc2)cc1Cl. The van der Waals surface area contributed by atoms with Gasteiger partial charge in [-0.05, 0) is 34.9 Å². The number of carbonyl (C=O) groups excluding carboxylic acids is 3. The number of nitrogens with zero attached hydrogens (tertiary/aromatic N) is 4. The van der Waals surface area contributed by atoms with Gasteiger partial charge < -0.3 is 19.3 Å². The zero-order valence-electron chi connectivity index (χ0n) is 24.7. The Labute approximate surface area is 271 Å². The summed E-state index contributed by atoms with van der Waals surface area (Å²) in [6.07, 6.45) is 0. The molecule has 44 heavy (non-hydrogen) atoms. The second-order valence-corrected chi connectivity index (χ2v) is 12.2. The van der Waals surface area contributed by atoms with Crippen LogP contribution in [0, 0.1) is 0 Å². The first-order valence-electron chi connectivity index (χ1n) is 14.1. The highest BCUT2D eigenvalue weighted by Crippen LogP contribution is 2.39. The summed E-state index contributed by atoms with van der Waals surface area (Å²) in [6.45, 7) is 2.96. The van der Waals surface area contributed by atoms with Crippen molar-refractivity contribution in [3.8, 4) is 16.9 Å². The Morgan fingerprint density at radius 2 is 1.55 bits per heavy atom. The number of rotatable bonds is 8. The number of carbonyl (C=O) groups is 3. The van der Waals surface area contributed by atoms with Crippen molar-refractivity contribution in [2.45, 2.75) is 6.04 Å². The molecule has 1 fully saturated rings. The minimum absolute atomic E-state index is 0.162. The summed E-state index contributed by atoms with van der Waals surface area (Å²) in [4.78, 5) is 45.9. The van der Waals surface area contributed by atoms with E-state index < -0.39 is 0 Å². The summed E-state index contributed by atoms with van der Waals surface area (Å²) in [7, 11) is 5.12. The molecule has 1 atom stereocenters. The highest BCUT2D eigenvalue weighted by Gasteiger charge is 2.32. The van der Waals surface area contributed by atoms with E-state index in [0.717, 1.165) is 29.8 Å². The number of fused-ring (bicyclic) bond motifs is 1. The van der Waals surface area contributed by atoms with Crippen LogP contribution in [-0.2, 0) is 14.3 Å². The molecule has 0 N–H and O–H groups in total. The van der Waals surface area contributed by atoms with Gasteiger partial charge in [-0.25, -0.2) is 0 Å². The molecule has 2 heterocycles. The van der Waals surface area contributed by atoms with Crippen molar-refractivity contribution in [3.05, 3.63) is 80.8 Å². The summed E-state index contributed by atoms with van der Waals surface area (Å²) in [5.41, 5.74) is 3.57. The molecule has 2 aliphatic rings. The Hall–Kier alpha value is -3.34. The van der Waals surface area contributed by atoms with Gasteiger partial charge in [0.25, 0.3) is 11.8 Å². The van der Waals surface area contributed by atoms with Crippen LogP contribution in [0.5, 0.6) is 5.75 Å². The largest absolute Gasteiger partial charge is 0.482 e. The number of likely N-dealkylation sites (N-methyl/N-ethyl adjacent to an activating group) is 1. The van der Waals surface area contributed by atoms with E-state index in [1.807, 2.05) is 30.3 Å². The normalized spacial score (nSPS) is 15.8. The van der Waals surface area contributed by atoms with Crippen LogP contribution >= 0.6 is 34.8 Å². The number of anilines is 1. The average Bonchev–Trinajstić information content (AvgIpc) is 3.02. The van der Waals surface area contributed by atoms with Crippen molar-refractivity contribution >= 4 is 58.2 Å². The number of morpholine rings is 1. The van der Waals surface area contributed by atoms with E-state index in [4.69, 9.17) is 44.3 Å². The number of amides is 3. The Morgan fingerprint density at radius 3 is 2.20 bits per heavy atom. The molecule has 1 unspecified atom stereocenters. The summed E-state index contributed by atoms with van der Waals surface area (Å²) in [6, 6.07) is 16.1. The number of hydrogen-bond donors (Lipinski definition) is 0. The molecule has 0 bridgehead atoms. The molecular weight excluding hydrogens is 627 g/mol. The molecule has 0 aromatic heterocycles. The van der Waals surface area contributed by atoms with Gasteiger partial charge in [0.2, 0.25) is 5.91 Å². The van der Waals surface area contributed by atoms with Gasteiger partial charge in [-0.1, -0.05) is 65.1 Å². The standard InChI is InChI=1S/C32H33Cl3N4O5/c1-36(2)32(42)23-9-8-22(14-24(23)33)20-4-6-21(7-5-20)28(17-38-10-12-43-13-11-38)37(3)30(40)18-39-27-15-25(34)26(35)16-29(27)44-19-31(39)41/h4-9,14-16,28H,10-13,17-19H2,1-3H3. The molecule has 0 saturated carbocycles. The van der Waals surface area contributed by atoms with Crippen LogP contribution in [-0.4, -0.2) is 99.6 Å². The van der Waals surface area contributed by atoms with Crippen LogP contribution in [0.15, 0.2) is 54.6 Å². The third-order valence-electron chi connectivity index (χ3n) is 7.87. The number of benzene rings is 3. The lowest BCUT2D eigenvalue weighted by molar-refractivity contribution is -0.133. The third-order valence-corrected chi connectivity index (χ3v) is 8.90. The molecule has 0 radical (unpaired) electrons. The van der Waals surface area contributed by atoms with E-state index in [2.05, 4.69) is 4.90 Å². The fourth-order valence-corrected chi connectivity index (χ4v) is 5.85. The average molecular weight is 660 g/mol. The van der Waals surface area contributed by atoms with E-state index in [0.29, 0.717) is 46.8 Å².